The highest BCUT2D eigenvalue weighted by Gasteiger charge is 2.18. The number of fused-ring (bicyclic) bond motifs is 2. The van der Waals surface area contributed by atoms with Crippen molar-refractivity contribution in [3.05, 3.63) is 34.6 Å². The molecule has 21 heavy (non-hydrogen) atoms. The molecule has 0 amide bonds. The summed E-state index contributed by atoms with van der Waals surface area (Å²) in [6.45, 7) is 0. The molecule has 6 heteroatoms. The number of nitrogens with zero attached hydrogens (tertiary/aromatic N) is 2. The molecule has 0 bridgehead atoms. The fraction of sp³-hybridized carbons (Fsp3) is 0.200. The first kappa shape index (κ1) is 13.7. The quantitative estimate of drug-likeness (QED) is 0.739. The van der Waals surface area contributed by atoms with Crippen molar-refractivity contribution in [2.75, 3.05) is 26.1 Å². The lowest BCUT2D eigenvalue weighted by atomic mass is 10.2. The van der Waals surface area contributed by atoms with E-state index in [0.717, 1.165) is 5.69 Å². The van der Waals surface area contributed by atoms with Crippen LogP contribution in [0.5, 0.6) is 5.75 Å². The van der Waals surface area contributed by atoms with Gasteiger partial charge in [-0.3, -0.25) is 5.41 Å². The van der Waals surface area contributed by atoms with Crippen LogP contribution in [0, 0.1) is 5.41 Å². The predicted molar refractivity (Wildman–Crippen MR) is 82.4 cm³/mol. The molecule has 1 N–H and O–H groups in total. The van der Waals surface area contributed by atoms with Crippen molar-refractivity contribution < 1.29 is 9.15 Å². The van der Waals surface area contributed by atoms with Crippen molar-refractivity contribution in [1.82, 2.24) is 4.98 Å². The summed E-state index contributed by atoms with van der Waals surface area (Å²) in [5.41, 5.74) is 2.86. The van der Waals surface area contributed by atoms with E-state index in [-0.39, 0.29) is 5.36 Å². The van der Waals surface area contributed by atoms with Gasteiger partial charge in [-0.05, 0) is 12.1 Å². The molecule has 1 heterocycles. The van der Waals surface area contributed by atoms with Crippen LogP contribution in [-0.2, 0) is 0 Å². The second-order valence-corrected chi connectivity index (χ2v) is 5.26. The molecule has 0 fully saturated rings. The van der Waals surface area contributed by atoms with Gasteiger partial charge < -0.3 is 14.1 Å². The number of halogens is 1. The molecule has 0 aromatic heterocycles. The zero-order valence-corrected chi connectivity index (χ0v) is 12.7. The fourth-order valence-electron chi connectivity index (χ4n) is 2.17. The molecule has 0 radical (unpaired) electrons. The van der Waals surface area contributed by atoms with Crippen LogP contribution in [0.25, 0.3) is 22.6 Å². The molecule has 0 spiro atoms. The van der Waals surface area contributed by atoms with Gasteiger partial charge in [0.15, 0.2) is 17.1 Å². The van der Waals surface area contributed by atoms with Gasteiger partial charge in [-0.25, -0.2) is 4.98 Å². The van der Waals surface area contributed by atoms with Crippen LogP contribution < -0.4 is 15.0 Å². The molecule has 1 aromatic rings. The van der Waals surface area contributed by atoms with Crippen molar-refractivity contribution in [3.8, 4) is 17.2 Å². The average Bonchev–Trinajstić information content (AvgIpc) is 2.45. The summed E-state index contributed by atoms with van der Waals surface area (Å²) < 4.78 is 11.0. The van der Waals surface area contributed by atoms with E-state index in [4.69, 9.17) is 26.2 Å². The van der Waals surface area contributed by atoms with E-state index in [1.54, 1.807) is 6.07 Å². The monoisotopic (exact) mass is 303 g/mol. The maximum atomic E-state index is 7.91. The number of hydrogen-bond acceptors (Lipinski definition) is 5. The van der Waals surface area contributed by atoms with Crippen molar-refractivity contribution in [3.63, 3.8) is 0 Å². The normalized spacial score (nSPS) is 11.0. The Morgan fingerprint density at radius 3 is 2.71 bits per heavy atom. The van der Waals surface area contributed by atoms with Crippen LogP contribution >= 0.6 is 11.6 Å². The first-order valence-corrected chi connectivity index (χ1v) is 6.72. The minimum Gasteiger partial charge on any atom is -0.493 e. The lowest BCUT2D eigenvalue weighted by molar-refractivity contribution is 0.408. The zero-order valence-electron chi connectivity index (χ0n) is 11.9. The molecule has 1 aliphatic heterocycles. The van der Waals surface area contributed by atoms with Crippen LogP contribution in [0.2, 0.25) is 5.02 Å². The van der Waals surface area contributed by atoms with Gasteiger partial charge in [0, 0.05) is 31.9 Å². The first-order chi connectivity index (χ1) is 10.0. The molecule has 5 nitrogen and oxygen atoms in total. The van der Waals surface area contributed by atoms with Gasteiger partial charge in [-0.2, -0.15) is 0 Å². The number of ether oxygens (including phenoxy) is 1. The summed E-state index contributed by atoms with van der Waals surface area (Å²) in [7, 11) is 5.39. The van der Waals surface area contributed by atoms with Crippen molar-refractivity contribution in [1.29, 1.82) is 5.41 Å². The first-order valence-electron chi connectivity index (χ1n) is 6.34. The van der Waals surface area contributed by atoms with Gasteiger partial charge in [-0.15, -0.1) is 0 Å². The Hall–Kier alpha value is -2.27. The van der Waals surface area contributed by atoms with Crippen LogP contribution in [0.1, 0.15) is 0 Å². The molecule has 0 saturated carbocycles. The SMILES string of the molecule is COc1c(Cl)c2nc3ccc(N(C)C)cc3oc-2cc1=N. The number of hydrogen-bond donors (Lipinski definition) is 1. The van der Waals surface area contributed by atoms with E-state index in [9.17, 15) is 0 Å². The number of benzene rings is 2. The molecule has 1 aromatic carbocycles. The lowest BCUT2D eigenvalue weighted by Crippen LogP contribution is -2.09. The highest BCUT2D eigenvalue weighted by molar-refractivity contribution is 6.34. The van der Waals surface area contributed by atoms with Gasteiger partial charge in [0.25, 0.3) is 0 Å². The summed E-state index contributed by atoms with van der Waals surface area (Å²) in [6, 6.07) is 7.31. The summed E-state index contributed by atoms with van der Waals surface area (Å²) >= 11 is 6.25. The van der Waals surface area contributed by atoms with E-state index in [0.29, 0.717) is 33.3 Å². The predicted octanol–water partition coefficient (Wildman–Crippen LogP) is 3.14. The second-order valence-electron chi connectivity index (χ2n) is 4.88. The highest BCUT2D eigenvalue weighted by atomic mass is 35.5. The lowest BCUT2D eigenvalue weighted by Gasteiger charge is -2.14. The molecular formula is C15H14ClN3O2. The minimum atomic E-state index is 0.170. The minimum absolute atomic E-state index is 0.170. The Bertz CT molecular complexity index is 858. The summed E-state index contributed by atoms with van der Waals surface area (Å²) in [6.07, 6.45) is 0. The number of methoxy groups -OCH3 is 1. The molecule has 2 aliphatic rings. The van der Waals surface area contributed by atoms with Gasteiger partial charge in [0.05, 0.1) is 7.11 Å². The summed E-state index contributed by atoms with van der Waals surface area (Å²) in [5.74, 6) is 0.769. The zero-order chi connectivity index (χ0) is 15.1. The third kappa shape index (κ3) is 2.19. The van der Waals surface area contributed by atoms with E-state index >= 15 is 0 Å². The number of nitrogens with one attached hydrogen (secondary N) is 1. The maximum Gasteiger partial charge on any atom is 0.164 e. The fourth-order valence-corrected chi connectivity index (χ4v) is 2.49. The van der Waals surface area contributed by atoms with E-state index in [2.05, 4.69) is 4.98 Å². The Labute approximate surface area is 126 Å². The van der Waals surface area contributed by atoms with E-state index in [1.807, 2.05) is 37.2 Å². The highest BCUT2D eigenvalue weighted by Crippen LogP contribution is 2.35. The van der Waals surface area contributed by atoms with Gasteiger partial charge >= 0.3 is 0 Å². The molecule has 1 aliphatic carbocycles. The number of rotatable bonds is 2. The van der Waals surface area contributed by atoms with Crippen molar-refractivity contribution >= 4 is 28.4 Å². The molecular weight excluding hydrogens is 290 g/mol. The average molecular weight is 304 g/mol. The summed E-state index contributed by atoms with van der Waals surface area (Å²) in [4.78, 5) is 6.50. The standard InChI is InChI=1S/C15H14ClN3O2/c1-19(2)8-4-5-10-11(6-8)21-12-7-9(17)15(20-3)13(16)14(12)18-10/h4-7,17H,1-3H3. The largest absolute Gasteiger partial charge is 0.493 e. The molecule has 3 rings (SSSR count). The third-order valence-corrected chi connectivity index (χ3v) is 3.63. The topological polar surface area (TPSA) is 62.4 Å². The summed E-state index contributed by atoms with van der Waals surface area (Å²) in [5, 5.41) is 8.37. The Balaban J connectivity index is 2.36. The number of aromatic nitrogens is 1. The molecule has 0 atom stereocenters. The molecule has 108 valence electrons. The van der Waals surface area contributed by atoms with Crippen molar-refractivity contribution in [2.24, 2.45) is 0 Å². The van der Waals surface area contributed by atoms with Gasteiger partial charge in [0.1, 0.15) is 21.6 Å². The Kier molecular flexibility index (Phi) is 3.22. The molecule has 0 unspecified atom stereocenters. The van der Waals surface area contributed by atoms with Crippen LogP contribution in [0.3, 0.4) is 0 Å². The molecule has 0 saturated heterocycles. The second kappa shape index (κ2) is 4.93. The van der Waals surface area contributed by atoms with Gasteiger partial charge in [0.2, 0.25) is 0 Å². The van der Waals surface area contributed by atoms with Crippen LogP contribution in [-0.4, -0.2) is 26.2 Å². The third-order valence-electron chi connectivity index (χ3n) is 3.28. The van der Waals surface area contributed by atoms with Crippen molar-refractivity contribution in [2.45, 2.75) is 0 Å². The maximum absolute atomic E-state index is 7.91. The Morgan fingerprint density at radius 1 is 1.29 bits per heavy atom. The van der Waals surface area contributed by atoms with E-state index in [1.165, 1.54) is 7.11 Å². The smallest absolute Gasteiger partial charge is 0.164 e. The van der Waals surface area contributed by atoms with E-state index < -0.39 is 0 Å². The van der Waals surface area contributed by atoms with Gasteiger partial charge in [-0.1, -0.05) is 11.6 Å². The number of anilines is 1. The Morgan fingerprint density at radius 2 is 2.05 bits per heavy atom. The van der Waals surface area contributed by atoms with Crippen LogP contribution in [0.4, 0.5) is 5.69 Å². The van der Waals surface area contributed by atoms with Crippen LogP contribution in [0.15, 0.2) is 28.7 Å².